The third-order valence-corrected chi connectivity index (χ3v) is 7.42. The minimum absolute atomic E-state index is 0.104. The van der Waals surface area contributed by atoms with Gasteiger partial charge < -0.3 is 19.7 Å². The van der Waals surface area contributed by atoms with Crippen LogP contribution in [0.1, 0.15) is 17.5 Å². The van der Waals surface area contributed by atoms with E-state index in [1.165, 1.54) is 24.6 Å². The maximum absolute atomic E-state index is 13.7. The van der Waals surface area contributed by atoms with Gasteiger partial charge in [0.1, 0.15) is 6.04 Å². The Morgan fingerprint density at radius 3 is 2.41 bits per heavy atom. The third-order valence-electron chi connectivity index (χ3n) is 5.48. The fourth-order valence-corrected chi connectivity index (χ4v) is 5.62. The van der Waals surface area contributed by atoms with Crippen LogP contribution in [0, 0.1) is 0 Å². The standard InChI is InChI=1S/C23H31N3O5S/c1-25(2)12-8-11-24-23(27)19-13-18-14-20(30-3)21(31-4)15-22(18)32(28,29)26(19)16-17-9-6-5-7-10-17/h5-7,9-10,14-15,19H,8,11-13,16H2,1-4H3,(H,24,27). The van der Waals surface area contributed by atoms with Gasteiger partial charge in [-0.2, -0.15) is 4.31 Å². The smallest absolute Gasteiger partial charge is 0.244 e. The molecule has 9 heteroatoms. The molecular weight excluding hydrogens is 430 g/mol. The monoisotopic (exact) mass is 461 g/mol. The van der Waals surface area contributed by atoms with Gasteiger partial charge in [-0.15, -0.1) is 0 Å². The van der Waals surface area contributed by atoms with Crippen LogP contribution in [0.4, 0.5) is 0 Å². The summed E-state index contributed by atoms with van der Waals surface area (Å²) in [5.74, 6) is 0.466. The fourth-order valence-electron chi connectivity index (χ4n) is 3.81. The zero-order valence-electron chi connectivity index (χ0n) is 19.0. The number of methoxy groups -OCH3 is 2. The number of nitrogens with zero attached hydrogens (tertiary/aromatic N) is 2. The second-order valence-electron chi connectivity index (χ2n) is 8.02. The van der Waals surface area contributed by atoms with E-state index in [1.54, 1.807) is 6.07 Å². The molecule has 1 aliphatic rings. The number of hydrogen-bond donors (Lipinski definition) is 1. The van der Waals surface area contributed by atoms with E-state index in [-0.39, 0.29) is 23.8 Å². The zero-order chi connectivity index (χ0) is 23.3. The molecule has 0 aromatic heterocycles. The van der Waals surface area contributed by atoms with Gasteiger partial charge in [0.15, 0.2) is 11.5 Å². The second-order valence-corrected chi connectivity index (χ2v) is 9.88. The third kappa shape index (κ3) is 5.23. The summed E-state index contributed by atoms with van der Waals surface area (Å²) in [5, 5.41) is 2.92. The Bertz CT molecular complexity index is 1040. The first kappa shape index (κ1) is 24.0. The molecule has 0 spiro atoms. The maximum atomic E-state index is 13.7. The molecule has 0 saturated carbocycles. The van der Waals surface area contributed by atoms with Crippen LogP contribution in [0.5, 0.6) is 11.5 Å². The molecule has 8 nitrogen and oxygen atoms in total. The van der Waals surface area contributed by atoms with Gasteiger partial charge in [0.2, 0.25) is 15.9 Å². The summed E-state index contributed by atoms with van der Waals surface area (Å²) in [6, 6.07) is 11.6. The van der Waals surface area contributed by atoms with Gasteiger partial charge in [-0.3, -0.25) is 4.79 Å². The zero-order valence-corrected chi connectivity index (χ0v) is 19.8. The Morgan fingerprint density at radius 1 is 1.12 bits per heavy atom. The summed E-state index contributed by atoms with van der Waals surface area (Å²) in [5.41, 5.74) is 1.35. The average Bonchev–Trinajstić information content (AvgIpc) is 2.78. The molecule has 0 fully saturated rings. The molecule has 2 aromatic carbocycles. The molecule has 3 rings (SSSR count). The number of benzene rings is 2. The number of carbonyl (C=O) groups excluding carboxylic acids is 1. The Labute approximate surface area is 190 Å². The number of carbonyl (C=O) groups is 1. The minimum Gasteiger partial charge on any atom is -0.493 e. The molecule has 174 valence electrons. The Balaban J connectivity index is 1.97. The van der Waals surface area contributed by atoms with Crippen LogP contribution in [-0.2, 0) is 27.8 Å². The van der Waals surface area contributed by atoms with Crippen LogP contribution in [0.2, 0.25) is 0 Å². The molecule has 1 atom stereocenters. The lowest BCUT2D eigenvalue weighted by molar-refractivity contribution is -0.125. The van der Waals surface area contributed by atoms with Gasteiger partial charge in [-0.1, -0.05) is 30.3 Å². The van der Waals surface area contributed by atoms with E-state index in [0.717, 1.165) is 18.5 Å². The molecule has 0 radical (unpaired) electrons. The first-order chi connectivity index (χ1) is 15.3. The molecule has 32 heavy (non-hydrogen) atoms. The van der Waals surface area contributed by atoms with E-state index in [1.807, 2.05) is 49.3 Å². The van der Waals surface area contributed by atoms with Crippen molar-refractivity contribution in [2.75, 3.05) is 41.4 Å². The molecule has 1 N–H and O–H groups in total. The number of sulfonamides is 1. The summed E-state index contributed by atoms with van der Waals surface area (Å²) < 4.78 is 39.3. The highest BCUT2D eigenvalue weighted by Gasteiger charge is 2.42. The van der Waals surface area contributed by atoms with Crippen molar-refractivity contribution in [3.05, 3.63) is 53.6 Å². The average molecular weight is 462 g/mol. The Kier molecular flexibility index (Phi) is 7.76. The van der Waals surface area contributed by atoms with Gasteiger partial charge in [0.25, 0.3) is 0 Å². The van der Waals surface area contributed by atoms with Crippen LogP contribution >= 0.6 is 0 Å². The summed E-state index contributed by atoms with van der Waals surface area (Å²) in [6.45, 7) is 1.41. The summed E-state index contributed by atoms with van der Waals surface area (Å²) in [6.07, 6.45) is 1.03. The lowest BCUT2D eigenvalue weighted by Gasteiger charge is -2.35. The normalized spacial score (nSPS) is 17.6. The van der Waals surface area contributed by atoms with Crippen LogP contribution in [0.25, 0.3) is 0 Å². The van der Waals surface area contributed by atoms with Crippen molar-refractivity contribution in [1.29, 1.82) is 0 Å². The lowest BCUT2D eigenvalue weighted by atomic mass is 10.0. The number of rotatable bonds is 9. The minimum atomic E-state index is -3.95. The predicted octanol–water partition coefficient (Wildman–Crippen LogP) is 1.89. The Morgan fingerprint density at radius 2 is 1.78 bits per heavy atom. The van der Waals surface area contributed by atoms with Gasteiger partial charge in [0.05, 0.1) is 19.1 Å². The van der Waals surface area contributed by atoms with E-state index in [9.17, 15) is 13.2 Å². The van der Waals surface area contributed by atoms with E-state index >= 15 is 0 Å². The number of fused-ring (bicyclic) bond motifs is 1. The number of nitrogens with one attached hydrogen (secondary N) is 1. The van der Waals surface area contributed by atoms with Crippen LogP contribution in [0.15, 0.2) is 47.4 Å². The van der Waals surface area contributed by atoms with Crippen molar-refractivity contribution in [3.63, 3.8) is 0 Å². The molecule has 1 aliphatic heterocycles. The highest BCUT2D eigenvalue weighted by molar-refractivity contribution is 7.89. The molecule has 0 aliphatic carbocycles. The van der Waals surface area contributed by atoms with Crippen molar-refractivity contribution in [3.8, 4) is 11.5 Å². The van der Waals surface area contributed by atoms with Crippen molar-refractivity contribution in [1.82, 2.24) is 14.5 Å². The summed E-state index contributed by atoms with van der Waals surface area (Å²) >= 11 is 0. The largest absolute Gasteiger partial charge is 0.493 e. The van der Waals surface area contributed by atoms with Gasteiger partial charge >= 0.3 is 0 Å². The molecular formula is C23H31N3O5S. The molecule has 1 heterocycles. The van der Waals surface area contributed by atoms with Crippen molar-refractivity contribution in [2.45, 2.75) is 30.3 Å². The SMILES string of the molecule is COc1cc2c(cc1OC)S(=O)(=O)N(Cc1ccccc1)C(C(=O)NCCCN(C)C)C2. The van der Waals surface area contributed by atoms with Crippen molar-refractivity contribution >= 4 is 15.9 Å². The first-order valence-electron chi connectivity index (χ1n) is 10.5. The predicted molar refractivity (Wildman–Crippen MR) is 122 cm³/mol. The quantitative estimate of drug-likeness (QED) is 0.574. The van der Waals surface area contributed by atoms with Gasteiger partial charge in [0, 0.05) is 19.2 Å². The Hall–Kier alpha value is -2.62. The van der Waals surface area contributed by atoms with Gasteiger partial charge in [-0.25, -0.2) is 8.42 Å². The van der Waals surface area contributed by atoms with E-state index in [4.69, 9.17) is 9.47 Å². The molecule has 1 unspecified atom stereocenters. The second kappa shape index (κ2) is 10.3. The molecule has 0 bridgehead atoms. The molecule has 2 aromatic rings. The molecule has 0 saturated heterocycles. The van der Waals surface area contributed by atoms with E-state index in [0.29, 0.717) is 23.6 Å². The number of hydrogen-bond acceptors (Lipinski definition) is 6. The van der Waals surface area contributed by atoms with Gasteiger partial charge in [-0.05, 0) is 50.7 Å². The highest BCUT2D eigenvalue weighted by atomic mass is 32.2. The van der Waals surface area contributed by atoms with Crippen LogP contribution < -0.4 is 14.8 Å². The topological polar surface area (TPSA) is 88.2 Å². The van der Waals surface area contributed by atoms with Crippen molar-refractivity contribution in [2.24, 2.45) is 0 Å². The van der Waals surface area contributed by atoms with Crippen molar-refractivity contribution < 1.29 is 22.7 Å². The molecule has 1 amide bonds. The van der Waals surface area contributed by atoms with E-state index < -0.39 is 16.1 Å². The van der Waals surface area contributed by atoms with E-state index in [2.05, 4.69) is 5.32 Å². The first-order valence-corrected chi connectivity index (χ1v) is 11.9. The lowest BCUT2D eigenvalue weighted by Crippen LogP contribution is -2.53. The van der Waals surface area contributed by atoms with Crippen LogP contribution in [-0.4, -0.2) is 71.0 Å². The number of ether oxygens (including phenoxy) is 2. The highest BCUT2D eigenvalue weighted by Crippen LogP contribution is 2.39. The fraction of sp³-hybridized carbons (Fsp3) is 0.435. The van der Waals surface area contributed by atoms with Crippen LogP contribution in [0.3, 0.4) is 0 Å². The summed E-state index contributed by atoms with van der Waals surface area (Å²) in [4.78, 5) is 15.3. The summed E-state index contributed by atoms with van der Waals surface area (Å²) in [7, 11) is 2.95. The number of amides is 1. The maximum Gasteiger partial charge on any atom is 0.244 e.